The number of aryl methyl sites for hydroxylation is 1. The van der Waals surface area contributed by atoms with Crippen LogP contribution in [0.3, 0.4) is 0 Å². The number of amides is 2. The number of para-hydroxylation sites is 1. The first kappa shape index (κ1) is 15.6. The molecule has 0 bridgehead atoms. The maximum absolute atomic E-state index is 11.8. The lowest BCUT2D eigenvalue weighted by Crippen LogP contribution is -2.36. The summed E-state index contributed by atoms with van der Waals surface area (Å²) in [6, 6.07) is 6.65. The van der Waals surface area contributed by atoms with Crippen LogP contribution in [0.4, 0.5) is 10.5 Å². The zero-order chi connectivity index (χ0) is 15.0. The highest BCUT2D eigenvalue weighted by atomic mass is 16.4. The molecular formula is C15H18N2O3. The molecule has 1 aromatic carbocycles. The van der Waals surface area contributed by atoms with Crippen molar-refractivity contribution in [1.82, 2.24) is 5.32 Å². The van der Waals surface area contributed by atoms with E-state index in [9.17, 15) is 9.59 Å². The summed E-state index contributed by atoms with van der Waals surface area (Å²) in [6.45, 7) is 1.82. The van der Waals surface area contributed by atoms with Crippen LogP contribution in [0.1, 0.15) is 25.3 Å². The topological polar surface area (TPSA) is 78.4 Å². The number of anilines is 1. The molecule has 5 heteroatoms. The second-order valence-corrected chi connectivity index (χ2v) is 4.46. The van der Waals surface area contributed by atoms with Gasteiger partial charge in [0.1, 0.15) is 0 Å². The molecular weight excluding hydrogens is 256 g/mol. The summed E-state index contributed by atoms with van der Waals surface area (Å²) in [5, 5.41) is 14.1. The highest BCUT2D eigenvalue weighted by Gasteiger charge is 2.09. The van der Waals surface area contributed by atoms with Gasteiger partial charge in [-0.2, -0.15) is 0 Å². The molecule has 0 fully saturated rings. The number of urea groups is 1. The van der Waals surface area contributed by atoms with E-state index < -0.39 is 5.97 Å². The lowest BCUT2D eigenvalue weighted by atomic mass is 10.1. The van der Waals surface area contributed by atoms with Crippen LogP contribution in [-0.4, -0.2) is 23.1 Å². The number of rotatable bonds is 6. The van der Waals surface area contributed by atoms with E-state index in [0.29, 0.717) is 18.5 Å². The van der Waals surface area contributed by atoms with Crippen LogP contribution in [0.5, 0.6) is 0 Å². The molecule has 0 spiro atoms. The van der Waals surface area contributed by atoms with Gasteiger partial charge in [-0.15, -0.1) is 12.3 Å². The fourth-order valence-electron chi connectivity index (χ4n) is 1.71. The SMILES string of the molecule is C#CCC(C)NC(=O)Nc1ccccc1CCC(=O)O. The number of carbonyl (C=O) groups excluding carboxylic acids is 1. The van der Waals surface area contributed by atoms with E-state index in [-0.39, 0.29) is 18.5 Å². The van der Waals surface area contributed by atoms with Crippen LogP contribution < -0.4 is 10.6 Å². The average molecular weight is 274 g/mol. The fourth-order valence-corrected chi connectivity index (χ4v) is 1.71. The van der Waals surface area contributed by atoms with Gasteiger partial charge in [-0.1, -0.05) is 18.2 Å². The van der Waals surface area contributed by atoms with Crippen molar-refractivity contribution < 1.29 is 14.7 Å². The fraction of sp³-hybridized carbons (Fsp3) is 0.333. The van der Waals surface area contributed by atoms with Gasteiger partial charge < -0.3 is 15.7 Å². The number of hydrogen-bond acceptors (Lipinski definition) is 2. The van der Waals surface area contributed by atoms with Crippen LogP contribution in [0.25, 0.3) is 0 Å². The van der Waals surface area contributed by atoms with Gasteiger partial charge in [-0.3, -0.25) is 4.79 Å². The number of hydrogen-bond donors (Lipinski definition) is 3. The summed E-state index contributed by atoms with van der Waals surface area (Å²) in [7, 11) is 0. The Kier molecular flexibility index (Phi) is 6.11. The summed E-state index contributed by atoms with van der Waals surface area (Å²) >= 11 is 0. The van der Waals surface area contributed by atoms with Gasteiger partial charge in [-0.25, -0.2) is 4.79 Å². The Balaban J connectivity index is 2.65. The molecule has 1 aromatic rings. The first-order valence-corrected chi connectivity index (χ1v) is 6.33. The molecule has 5 nitrogen and oxygen atoms in total. The molecule has 1 rings (SSSR count). The Morgan fingerprint density at radius 3 is 2.75 bits per heavy atom. The first-order chi connectivity index (χ1) is 9.52. The zero-order valence-corrected chi connectivity index (χ0v) is 11.3. The number of carboxylic acid groups (broad SMARTS) is 1. The molecule has 1 unspecified atom stereocenters. The number of nitrogens with one attached hydrogen (secondary N) is 2. The van der Waals surface area contributed by atoms with Crippen molar-refractivity contribution >= 4 is 17.7 Å². The molecule has 0 heterocycles. The lowest BCUT2D eigenvalue weighted by molar-refractivity contribution is -0.136. The van der Waals surface area contributed by atoms with E-state index in [1.165, 1.54) is 0 Å². The summed E-state index contributed by atoms with van der Waals surface area (Å²) < 4.78 is 0. The van der Waals surface area contributed by atoms with Crippen LogP contribution >= 0.6 is 0 Å². The highest BCUT2D eigenvalue weighted by Crippen LogP contribution is 2.16. The molecule has 0 aliphatic carbocycles. The maximum atomic E-state index is 11.8. The summed E-state index contributed by atoms with van der Waals surface area (Å²) in [6.07, 6.45) is 6.01. The number of carbonyl (C=O) groups is 2. The van der Waals surface area contributed by atoms with Crippen LogP contribution in [0, 0.1) is 12.3 Å². The van der Waals surface area contributed by atoms with E-state index >= 15 is 0 Å². The molecule has 0 saturated carbocycles. The minimum absolute atomic E-state index is 0.0216. The van der Waals surface area contributed by atoms with Crippen LogP contribution in [-0.2, 0) is 11.2 Å². The average Bonchev–Trinajstić information content (AvgIpc) is 2.37. The third-order valence-electron chi connectivity index (χ3n) is 2.68. The molecule has 1 atom stereocenters. The van der Waals surface area contributed by atoms with Gasteiger partial charge in [0.2, 0.25) is 0 Å². The maximum Gasteiger partial charge on any atom is 0.319 e. The zero-order valence-electron chi connectivity index (χ0n) is 11.3. The molecule has 0 aliphatic heterocycles. The number of benzene rings is 1. The predicted molar refractivity (Wildman–Crippen MR) is 77.5 cm³/mol. The summed E-state index contributed by atoms with van der Waals surface area (Å²) in [5.74, 6) is 1.60. The van der Waals surface area contributed by atoms with Crippen LogP contribution in [0.2, 0.25) is 0 Å². The smallest absolute Gasteiger partial charge is 0.319 e. The van der Waals surface area contributed by atoms with E-state index in [2.05, 4.69) is 16.6 Å². The van der Waals surface area contributed by atoms with Gasteiger partial charge >= 0.3 is 12.0 Å². The van der Waals surface area contributed by atoms with Crippen molar-refractivity contribution in [2.45, 2.75) is 32.2 Å². The Hall–Kier alpha value is -2.48. The van der Waals surface area contributed by atoms with Crippen molar-refractivity contribution in [1.29, 1.82) is 0 Å². The monoisotopic (exact) mass is 274 g/mol. The number of carboxylic acids is 1. The molecule has 3 N–H and O–H groups in total. The van der Waals surface area contributed by atoms with Crippen molar-refractivity contribution in [2.75, 3.05) is 5.32 Å². The molecule has 106 valence electrons. The Morgan fingerprint density at radius 1 is 1.40 bits per heavy atom. The molecule has 0 aromatic heterocycles. The second-order valence-electron chi connectivity index (χ2n) is 4.46. The summed E-state index contributed by atoms with van der Waals surface area (Å²) in [5.41, 5.74) is 1.40. The Labute approximate surface area is 118 Å². The van der Waals surface area contributed by atoms with Crippen molar-refractivity contribution in [3.8, 4) is 12.3 Å². The van der Waals surface area contributed by atoms with Gasteiger partial charge in [0, 0.05) is 24.6 Å². The van der Waals surface area contributed by atoms with E-state index in [4.69, 9.17) is 11.5 Å². The first-order valence-electron chi connectivity index (χ1n) is 6.33. The van der Waals surface area contributed by atoms with Crippen molar-refractivity contribution in [3.63, 3.8) is 0 Å². The van der Waals surface area contributed by atoms with Gasteiger partial charge in [-0.05, 0) is 25.0 Å². The third-order valence-corrected chi connectivity index (χ3v) is 2.68. The second kappa shape index (κ2) is 7.85. The minimum Gasteiger partial charge on any atom is -0.481 e. The number of terminal acetylenes is 1. The highest BCUT2D eigenvalue weighted by molar-refractivity contribution is 5.90. The normalized spacial score (nSPS) is 11.2. The minimum atomic E-state index is -0.869. The molecule has 2 amide bonds. The molecule has 20 heavy (non-hydrogen) atoms. The van der Waals surface area contributed by atoms with Crippen molar-refractivity contribution in [2.24, 2.45) is 0 Å². The summed E-state index contributed by atoms with van der Waals surface area (Å²) in [4.78, 5) is 22.4. The quantitative estimate of drug-likeness (QED) is 0.696. The van der Waals surface area contributed by atoms with Gasteiger partial charge in [0.25, 0.3) is 0 Å². The van der Waals surface area contributed by atoms with E-state index in [1.54, 1.807) is 24.3 Å². The van der Waals surface area contributed by atoms with Gasteiger partial charge in [0.15, 0.2) is 0 Å². The molecule has 0 radical (unpaired) electrons. The largest absolute Gasteiger partial charge is 0.481 e. The van der Waals surface area contributed by atoms with E-state index in [0.717, 1.165) is 5.56 Å². The third kappa shape index (κ3) is 5.44. The van der Waals surface area contributed by atoms with Crippen molar-refractivity contribution in [3.05, 3.63) is 29.8 Å². The standard InChI is InChI=1S/C15H18N2O3/c1-3-6-11(2)16-15(20)17-13-8-5-4-7-12(13)9-10-14(18)19/h1,4-5,7-8,11H,6,9-10H2,2H3,(H,18,19)(H2,16,17,20). The predicted octanol–water partition coefficient (Wildman–Crippen LogP) is 2.24. The lowest BCUT2D eigenvalue weighted by Gasteiger charge is -2.14. The molecule has 0 aliphatic rings. The van der Waals surface area contributed by atoms with Crippen LogP contribution in [0.15, 0.2) is 24.3 Å². The Morgan fingerprint density at radius 2 is 2.10 bits per heavy atom. The molecule has 0 saturated heterocycles. The number of aliphatic carboxylic acids is 1. The van der Waals surface area contributed by atoms with Gasteiger partial charge in [0.05, 0.1) is 0 Å². The Bertz CT molecular complexity index is 520. The van der Waals surface area contributed by atoms with E-state index in [1.807, 2.05) is 6.92 Å².